The molecule has 0 saturated heterocycles. The molecule has 4 nitrogen and oxygen atoms in total. The number of aromatic nitrogens is 1. The van der Waals surface area contributed by atoms with E-state index in [0.29, 0.717) is 19.0 Å². The summed E-state index contributed by atoms with van der Waals surface area (Å²) in [5.41, 5.74) is 0.904. The molecule has 1 heterocycles. The minimum Gasteiger partial charge on any atom is -0.348 e. The Labute approximate surface area is 111 Å². The summed E-state index contributed by atoms with van der Waals surface area (Å²) in [4.78, 5) is 19.7. The quantitative estimate of drug-likeness (QED) is 0.743. The second kappa shape index (κ2) is 6.93. The highest BCUT2D eigenvalue weighted by Gasteiger charge is 2.12. The van der Waals surface area contributed by atoms with Gasteiger partial charge in [-0.1, -0.05) is 6.92 Å². The van der Waals surface area contributed by atoms with Gasteiger partial charge in [0.2, 0.25) is 5.91 Å². The average molecular weight is 276 g/mol. The molecule has 0 bridgehead atoms. The Hall–Kier alpha value is -0.650. The Morgan fingerprint density at radius 3 is 2.71 bits per heavy atom. The van der Waals surface area contributed by atoms with Gasteiger partial charge in [-0.2, -0.15) is 0 Å². The summed E-state index contributed by atoms with van der Waals surface area (Å²) in [6.45, 7) is 4.01. The third-order valence-corrected chi connectivity index (χ3v) is 3.56. The Morgan fingerprint density at radius 1 is 1.53 bits per heavy atom. The first-order valence-corrected chi connectivity index (χ1v) is 6.90. The fourth-order valence-electron chi connectivity index (χ4n) is 1.29. The van der Waals surface area contributed by atoms with E-state index in [1.54, 1.807) is 30.3 Å². The highest BCUT2D eigenvalue weighted by molar-refractivity contribution is 7.09. The summed E-state index contributed by atoms with van der Waals surface area (Å²) in [6, 6.07) is 0. The number of amides is 1. The molecule has 0 fully saturated rings. The van der Waals surface area contributed by atoms with Crippen molar-refractivity contribution in [3.8, 4) is 0 Å². The van der Waals surface area contributed by atoms with Crippen LogP contribution in [0.5, 0.6) is 0 Å². The van der Waals surface area contributed by atoms with Gasteiger partial charge >= 0.3 is 0 Å². The van der Waals surface area contributed by atoms with Gasteiger partial charge in [0.1, 0.15) is 5.01 Å². The molecular formula is C11H18ClN3OS. The van der Waals surface area contributed by atoms with Crippen molar-refractivity contribution in [1.29, 1.82) is 0 Å². The lowest BCUT2D eigenvalue weighted by atomic mass is 10.4. The molecule has 96 valence electrons. The summed E-state index contributed by atoms with van der Waals surface area (Å²) in [5.74, 6) is 0.556. The smallest absolute Gasteiger partial charge is 0.236 e. The van der Waals surface area contributed by atoms with Gasteiger partial charge in [-0.3, -0.25) is 9.69 Å². The zero-order valence-electron chi connectivity index (χ0n) is 10.4. The maximum absolute atomic E-state index is 11.6. The van der Waals surface area contributed by atoms with Crippen LogP contribution in [0.3, 0.4) is 0 Å². The normalized spacial score (nSPS) is 10.9. The fourth-order valence-corrected chi connectivity index (χ4v) is 2.35. The highest BCUT2D eigenvalue weighted by Crippen LogP contribution is 2.13. The Kier molecular flexibility index (Phi) is 5.88. The van der Waals surface area contributed by atoms with E-state index in [1.165, 1.54) is 0 Å². The lowest BCUT2D eigenvalue weighted by molar-refractivity contribution is -0.130. The molecule has 0 aliphatic heterocycles. The van der Waals surface area contributed by atoms with Crippen LogP contribution < -0.4 is 0 Å². The second-order valence-corrected chi connectivity index (χ2v) is 5.17. The molecule has 0 aliphatic carbocycles. The van der Waals surface area contributed by atoms with Gasteiger partial charge in [0.05, 0.1) is 24.7 Å². The van der Waals surface area contributed by atoms with Crippen LogP contribution in [0.1, 0.15) is 17.6 Å². The number of carbonyl (C=O) groups is 1. The van der Waals surface area contributed by atoms with Crippen molar-refractivity contribution in [2.45, 2.75) is 19.3 Å². The molecule has 6 heteroatoms. The van der Waals surface area contributed by atoms with E-state index in [1.807, 2.05) is 12.3 Å². The molecule has 1 rings (SSSR count). The van der Waals surface area contributed by atoms with Crippen LogP contribution in [0.4, 0.5) is 0 Å². The van der Waals surface area contributed by atoms with Gasteiger partial charge in [-0.05, 0) is 6.54 Å². The first-order valence-electron chi connectivity index (χ1n) is 5.48. The average Bonchev–Trinajstić information content (AvgIpc) is 2.75. The van der Waals surface area contributed by atoms with Gasteiger partial charge in [0.25, 0.3) is 0 Å². The number of likely N-dealkylation sites (N-methyl/N-ethyl adjacent to an activating group) is 2. The van der Waals surface area contributed by atoms with E-state index < -0.39 is 0 Å². The molecule has 0 spiro atoms. The van der Waals surface area contributed by atoms with Crippen LogP contribution in [0.25, 0.3) is 0 Å². The van der Waals surface area contributed by atoms with Crippen LogP contribution in [0.2, 0.25) is 0 Å². The number of thiazole rings is 1. The molecule has 1 amide bonds. The van der Waals surface area contributed by atoms with Crippen molar-refractivity contribution in [2.24, 2.45) is 0 Å². The molecule has 1 aromatic rings. The summed E-state index contributed by atoms with van der Waals surface area (Å²) in [7, 11) is 3.54. The number of hydrogen-bond acceptors (Lipinski definition) is 4. The molecule has 0 N–H and O–H groups in total. The number of hydrogen-bond donors (Lipinski definition) is 0. The van der Waals surface area contributed by atoms with Crippen LogP contribution in [-0.2, 0) is 17.2 Å². The van der Waals surface area contributed by atoms with Gasteiger partial charge in [0.15, 0.2) is 0 Å². The minimum atomic E-state index is 0.112. The standard InChI is InChI=1S/C11H18ClN3OS/c1-4-15(7-11(16)14(2)3)6-10-13-9(5-12)8-17-10/h8H,4-7H2,1-3H3. The molecule has 0 unspecified atom stereocenters. The molecule has 0 radical (unpaired) electrons. The first-order chi connectivity index (χ1) is 8.06. The lowest BCUT2D eigenvalue weighted by Gasteiger charge is -2.20. The van der Waals surface area contributed by atoms with Crippen molar-refractivity contribution in [2.75, 3.05) is 27.2 Å². The van der Waals surface area contributed by atoms with Crippen LogP contribution in [0.15, 0.2) is 5.38 Å². The third kappa shape index (κ3) is 4.61. The second-order valence-electron chi connectivity index (χ2n) is 3.96. The molecular weight excluding hydrogens is 258 g/mol. The summed E-state index contributed by atoms with van der Waals surface area (Å²) in [6.07, 6.45) is 0. The van der Waals surface area contributed by atoms with Crippen molar-refractivity contribution >= 4 is 28.8 Å². The number of nitrogens with zero attached hydrogens (tertiary/aromatic N) is 3. The van der Waals surface area contributed by atoms with E-state index in [4.69, 9.17) is 11.6 Å². The Balaban J connectivity index is 2.54. The Morgan fingerprint density at radius 2 is 2.24 bits per heavy atom. The van der Waals surface area contributed by atoms with Crippen LogP contribution in [-0.4, -0.2) is 47.9 Å². The van der Waals surface area contributed by atoms with E-state index >= 15 is 0 Å². The van der Waals surface area contributed by atoms with E-state index in [0.717, 1.165) is 17.2 Å². The monoisotopic (exact) mass is 275 g/mol. The SMILES string of the molecule is CCN(CC(=O)N(C)C)Cc1nc(CCl)cs1. The zero-order chi connectivity index (χ0) is 12.8. The Bertz CT molecular complexity index is 367. The third-order valence-electron chi connectivity index (χ3n) is 2.40. The van der Waals surface area contributed by atoms with Gasteiger partial charge < -0.3 is 4.90 Å². The topological polar surface area (TPSA) is 36.4 Å². The first kappa shape index (κ1) is 14.4. The van der Waals surface area contributed by atoms with Gasteiger partial charge in [-0.25, -0.2) is 4.98 Å². The molecule has 0 aromatic carbocycles. The zero-order valence-corrected chi connectivity index (χ0v) is 12.0. The lowest BCUT2D eigenvalue weighted by Crippen LogP contribution is -2.36. The van der Waals surface area contributed by atoms with Crippen LogP contribution >= 0.6 is 22.9 Å². The van der Waals surface area contributed by atoms with Crippen molar-refractivity contribution in [3.63, 3.8) is 0 Å². The van der Waals surface area contributed by atoms with Crippen LogP contribution in [0, 0.1) is 0 Å². The maximum atomic E-state index is 11.6. The highest BCUT2D eigenvalue weighted by atomic mass is 35.5. The van der Waals surface area contributed by atoms with Crippen molar-refractivity contribution in [3.05, 3.63) is 16.1 Å². The number of halogens is 1. The van der Waals surface area contributed by atoms with E-state index in [9.17, 15) is 4.79 Å². The van der Waals surface area contributed by atoms with Gasteiger partial charge in [0, 0.05) is 19.5 Å². The molecule has 0 saturated carbocycles. The van der Waals surface area contributed by atoms with E-state index in [2.05, 4.69) is 9.88 Å². The van der Waals surface area contributed by atoms with Crippen molar-refractivity contribution in [1.82, 2.24) is 14.8 Å². The summed E-state index contributed by atoms with van der Waals surface area (Å²) >= 11 is 7.30. The molecule has 0 atom stereocenters. The van der Waals surface area contributed by atoms with Gasteiger partial charge in [-0.15, -0.1) is 22.9 Å². The summed E-state index contributed by atoms with van der Waals surface area (Å²) in [5, 5.41) is 2.97. The predicted octanol–water partition coefficient (Wildman–Crippen LogP) is 1.79. The predicted molar refractivity (Wildman–Crippen MR) is 71.3 cm³/mol. The molecule has 17 heavy (non-hydrogen) atoms. The number of alkyl halides is 1. The molecule has 1 aromatic heterocycles. The molecule has 0 aliphatic rings. The largest absolute Gasteiger partial charge is 0.348 e. The van der Waals surface area contributed by atoms with E-state index in [-0.39, 0.29) is 5.91 Å². The minimum absolute atomic E-state index is 0.112. The number of carbonyl (C=O) groups excluding carboxylic acids is 1. The van der Waals surface area contributed by atoms with Crippen molar-refractivity contribution < 1.29 is 4.79 Å². The summed E-state index contributed by atoms with van der Waals surface area (Å²) < 4.78 is 0. The fraction of sp³-hybridized carbons (Fsp3) is 0.636. The maximum Gasteiger partial charge on any atom is 0.236 e. The number of rotatable bonds is 6.